The van der Waals surface area contributed by atoms with Gasteiger partial charge in [-0.2, -0.15) is 0 Å². The van der Waals surface area contributed by atoms with Crippen LogP contribution in [-0.2, 0) is 29.6 Å². The lowest BCUT2D eigenvalue weighted by atomic mass is 10.1. The summed E-state index contributed by atoms with van der Waals surface area (Å²) in [7, 11) is -3.31. The third kappa shape index (κ3) is 4.75. The van der Waals surface area contributed by atoms with Crippen molar-refractivity contribution in [2.45, 2.75) is 27.2 Å². The predicted octanol–water partition coefficient (Wildman–Crippen LogP) is 2.68. The summed E-state index contributed by atoms with van der Waals surface area (Å²) in [6, 6.07) is 6.86. The van der Waals surface area contributed by atoms with Crippen molar-refractivity contribution < 1.29 is 23.1 Å². The lowest BCUT2D eigenvalue weighted by Gasteiger charge is -2.17. The summed E-state index contributed by atoms with van der Waals surface area (Å²) in [5, 5.41) is 0.461. The van der Waals surface area contributed by atoms with Gasteiger partial charge in [0.1, 0.15) is 0 Å². The highest BCUT2D eigenvalue weighted by Gasteiger charge is 2.26. The first kappa shape index (κ1) is 16.9. The number of carbonyl (C=O) groups is 1. The maximum absolute atomic E-state index is 12.6. The molecule has 1 aromatic carbocycles. The maximum atomic E-state index is 12.6. The van der Waals surface area contributed by atoms with Gasteiger partial charge in [0.15, 0.2) is 0 Å². The van der Waals surface area contributed by atoms with Gasteiger partial charge in [-0.05, 0) is 38.5 Å². The molecule has 0 amide bonds. The SMILES string of the molecule is CCOC(=O)Cc1cccc(P(=O)(OCC)OCC)c1. The summed E-state index contributed by atoms with van der Waals surface area (Å²) in [6.07, 6.45) is 0.139. The molecule has 0 heterocycles. The third-order valence-corrected chi connectivity index (χ3v) is 4.59. The molecule has 0 atom stereocenters. The van der Waals surface area contributed by atoms with Crippen molar-refractivity contribution in [3.8, 4) is 0 Å². The Kier molecular flexibility index (Phi) is 6.93. The first-order valence-corrected chi connectivity index (χ1v) is 8.24. The van der Waals surface area contributed by atoms with Crippen molar-refractivity contribution in [2.75, 3.05) is 19.8 Å². The molecule has 20 heavy (non-hydrogen) atoms. The molecular weight excluding hydrogens is 279 g/mol. The molecule has 0 aliphatic carbocycles. The van der Waals surface area contributed by atoms with Gasteiger partial charge >= 0.3 is 13.6 Å². The van der Waals surface area contributed by atoms with Gasteiger partial charge in [-0.15, -0.1) is 0 Å². The van der Waals surface area contributed by atoms with E-state index < -0.39 is 7.60 Å². The summed E-state index contributed by atoms with van der Waals surface area (Å²) in [5.41, 5.74) is 0.723. The van der Waals surface area contributed by atoms with Crippen LogP contribution in [0.15, 0.2) is 24.3 Å². The molecule has 112 valence electrons. The van der Waals surface area contributed by atoms with E-state index in [2.05, 4.69) is 0 Å². The van der Waals surface area contributed by atoms with Crippen LogP contribution in [0.25, 0.3) is 0 Å². The monoisotopic (exact) mass is 300 g/mol. The molecule has 0 aliphatic rings. The summed E-state index contributed by atoms with van der Waals surface area (Å²) < 4.78 is 28.1. The lowest BCUT2D eigenvalue weighted by Crippen LogP contribution is -2.13. The van der Waals surface area contributed by atoms with Gasteiger partial charge in [-0.25, -0.2) is 0 Å². The number of hydrogen-bond acceptors (Lipinski definition) is 5. The number of rotatable bonds is 8. The van der Waals surface area contributed by atoms with Gasteiger partial charge in [0.25, 0.3) is 0 Å². The second kappa shape index (κ2) is 8.20. The Bertz CT molecular complexity index is 476. The van der Waals surface area contributed by atoms with Crippen LogP contribution in [0.5, 0.6) is 0 Å². The molecule has 0 saturated heterocycles. The van der Waals surface area contributed by atoms with Crippen molar-refractivity contribution in [3.63, 3.8) is 0 Å². The summed E-state index contributed by atoms with van der Waals surface area (Å²) >= 11 is 0. The lowest BCUT2D eigenvalue weighted by molar-refractivity contribution is -0.142. The fourth-order valence-corrected chi connectivity index (χ4v) is 3.39. The first-order valence-electron chi connectivity index (χ1n) is 6.70. The second-order valence-corrected chi connectivity index (χ2v) is 6.01. The predicted molar refractivity (Wildman–Crippen MR) is 77.3 cm³/mol. The Morgan fingerprint density at radius 2 is 1.75 bits per heavy atom. The van der Waals surface area contributed by atoms with Crippen LogP contribution < -0.4 is 5.30 Å². The van der Waals surface area contributed by atoms with Crippen molar-refractivity contribution >= 4 is 18.9 Å². The fourth-order valence-electron chi connectivity index (χ4n) is 1.74. The molecule has 0 spiro atoms. The average Bonchev–Trinajstić information content (AvgIpc) is 2.40. The van der Waals surface area contributed by atoms with Crippen LogP contribution >= 0.6 is 7.60 Å². The van der Waals surface area contributed by atoms with Crippen LogP contribution in [0.2, 0.25) is 0 Å². The first-order chi connectivity index (χ1) is 9.55. The van der Waals surface area contributed by atoms with E-state index in [0.717, 1.165) is 5.56 Å². The Morgan fingerprint density at radius 3 is 2.30 bits per heavy atom. The molecular formula is C14H21O5P. The minimum Gasteiger partial charge on any atom is -0.466 e. The normalized spacial score (nSPS) is 11.3. The van der Waals surface area contributed by atoms with E-state index in [1.807, 2.05) is 0 Å². The van der Waals surface area contributed by atoms with Gasteiger partial charge < -0.3 is 13.8 Å². The van der Waals surface area contributed by atoms with Crippen LogP contribution in [-0.4, -0.2) is 25.8 Å². The second-order valence-electron chi connectivity index (χ2n) is 3.98. The zero-order valence-electron chi connectivity index (χ0n) is 12.1. The van der Waals surface area contributed by atoms with Crippen LogP contribution in [0, 0.1) is 0 Å². The molecule has 0 bridgehead atoms. The molecule has 6 heteroatoms. The molecule has 0 fully saturated rings. The van der Waals surface area contributed by atoms with Crippen molar-refractivity contribution in [1.82, 2.24) is 0 Å². The maximum Gasteiger partial charge on any atom is 0.361 e. The van der Waals surface area contributed by atoms with Gasteiger partial charge in [0.05, 0.1) is 31.5 Å². The van der Waals surface area contributed by atoms with E-state index in [9.17, 15) is 9.36 Å². The number of ether oxygens (including phenoxy) is 1. The minimum atomic E-state index is -3.31. The molecule has 1 rings (SSSR count). The van der Waals surface area contributed by atoms with E-state index in [0.29, 0.717) is 25.1 Å². The molecule has 0 saturated carbocycles. The largest absolute Gasteiger partial charge is 0.466 e. The van der Waals surface area contributed by atoms with Crippen LogP contribution in [0.3, 0.4) is 0 Å². The molecule has 1 aromatic rings. The molecule has 0 radical (unpaired) electrons. The third-order valence-electron chi connectivity index (χ3n) is 2.48. The fraction of sp³-hybridized carbons (Fsp3) is 0.500. The summed E-state index contributed by atoms with van der Waals surface area (Å²) in [4.78, 5) is 11.5. The van der Waals surface area contributed by atoms with Gasteiger partial charge in [0, 0.05) is 0 Å². The van der Waals surface area contributed by atoms with E-state index in [1.54, 1.807) is 45.0 Å². The highest BCUT2D eigenvalue weighted by atomic mass is 31.2. The van der Waals surface area contributed by atoms with E-state index >= 15 is 0 Å². The van der Waals surface area contributed by atoms with Gasteiger partial charge in [-0.1, -0.05) is 12.1 Å². The van der Waals surface area contributed by atoms with Crippen LogP contribution in [0.4, 0.5) is 0 Å². The zero-order valence-corrected chi connectivity index (χ0v) is 13.0. The number of carbonyl (C=O) groups excluding carboxylic acids is 1. The van der Waals surface area contributed by atoms with E-state index in [-0.39, 0.29) is 12.4 Å². The van der Waals surface area contributed by atoms with Crippen molar-refractivity contribution in [1.29, 1.82) is 0 Å². The Morgan fingerprint density at radius 1 is 1.10 bits per heavy atom. The topological polar surface area (TPSA) is 61.8 Å². The average molecular weight is 300 g/mol. The van der Waals surface area contributed by atoms with E-state index in [1.165, 1.54) is 0 Å². The van der Waals surface area contributed by atoms with Crippen molar-refractivity contribution in [2.24, 2.45) is 0 Å². The molecule has 0 aliphatic heterocycles. The summed E-state index contributed by atoms with van der Waals surface area (Å²) in [6.45, 7) is 6.20. The minimum absolute atomic E-state index is 0.139. The Hall–Kier alpha value is -1.16. The Labute approximate surface area is 119 Å². The van der Waals surface area contributed by atoms with Crippen LogP contribution in [0.1, 0.15) is 26.3 Å². The molecule has 0 aromatic heterocycles. The van der Waals surface area contributed by atoms with E-state index in [4.69, 9.17) is 13.8 Å². The highest BCUT2D eigenvalue weighted by molar-refractivity contribution is 7.62. The number of hydrogen-bond donors (Lipinski definition) is 0. The van der Waals surface area contributed by atoms with Gasteiger partial charge in [-0.3, -0.25) is 9.36 Å². The summed E-state index contributed by atoms with van der Waals surface area (Å²) in [5.74, 6) is -0.313. The zero-order chi connectivity index (χ0) is 15.0. The number of esters is 1. The number of benzene rings is 1. The standard InChI is InChI=1S/C14H21O5P/c1-4-17-14(15)11-12-8-7-9-13(10-12)20(16,18-5-2)19-6-3/h7-10H,4-6,11H2,1-3H3. The quantitative estimate of drug-likeness (QED) is 0.545. The van der Waals surface area contributed by atoms with Crippen molar-refractivity contribution in [3.05, 3.63) is 29.8 Å². The highest BCUT2D eigenvalue weighted by Crippen LogP contribution is 2.46. The Balaban J connectivity index is 2.95. The molecule has 0 N–H and O–H groups in total. The molecule has 5 nitrogen and oxygen atoms in total. The van der Waals surface area contributed by atoms with Gasteiger partial charge in [0.2, 0.25) is 0 Å². The smallest absolute Gasteiger partial charge is 0.361 e. The molecule has 0 unspecified atom stereocenters.